The molecular weight excluding hydrogens is 202 g/mol. The molecule has 0 aromatic rings. The van der Waals surface area contributed by atoms with Gasteiger partial charge in [0.1, 0.15) is 0 Å². The van der Waals surface area contributed by atoms with Gasteiger partial charge in [-0.1, -0.05) is 26.7 Å². The Labute approximate surface area is 101 Å². The van der Waals surface area contributed by atoms with E-state index in [2.05, 4.69) is 19.2 Å². The predicted molar refractivity (Wildman–Crippen MR) is 68.7 cm³/mol. The molecule has 0 aliphatic rings. The second-order valence-electron chi connectivity index (χ2n) is 4.34. The Morgan fingerprint density at radius 2 is 1.94 bits per heavy atom. The highest BCUT2D eigenvalue weighted by atomic mass is 16.5. The Hall–Kier alpha value is -0.120. The number of rotatable bonds is 12. The van der Waals surface area contributed by atoms with Crippen LogP contribution >= 0.6 is 0 Å². The van der Waals surface area contributed by atoms with E-state index >= 15 is 0 Å². The van der Waals surface area contributed by atoms with Gasteiger partial charge in [-0.3, -0.25) is 0 Å². The third-order valence-corrected chi connectivity index (χ3v) is 2.73. The van der Waals surface area contributed by atoms with Crippen molar-refractivity contribution in [3.8, 4) is 0 Å². The number of aliphatic hydroxyl groups excluding tert-OH is 1. The number of hydrogen-bond donors (Lipinski definition) is 2. The molecule has 0 aromatic carbocycles. The molecule has 0 heterocycles. The van der Waals surface area contributed by atoms with Crippen molar-refractivity contribution in [3.05, 3.63) is 0 Å². The van der Waals surface area contributed by atoms with Crippen LogP contribution in [-0.4, -0.2) is 38.0 Å². The summed E-state index contributed by atoms with van der Waals surface area (Å²) in [5.41, 5.74) is 0. The molecule has 0 spiro atoms. The van der Waals surface area contributed by atoms with Crippen molar-refractivity contribution < 1.29 is 9.84 Å². The van der Waals surface area contributed by atoms with Gasteiger partial charge < -0.3 is 15.2 Å². The van der Waals surface area contributed by atoms with Crippen LogP contribution in [0.15, 0.2) is 0 Å². The molecule has 0 saturated carbocycles. The van der Waals surface area contributed by atoms with Gasteiger partial charge in [0.25, 0.3) is 0 Å². The quantitative estimate of drug-likeness (QED) is 0.506. The molecule has 0 fully saturated rings. The van der Waals surface area contributed by atoms with Crippen molar-refractivity contribution in [1.29, 1.82) is 0 Å². The van der Waals surface area contributed by atoms with Gasteiger partial charge in [-0.05, 0) is 31.7 Å². The minimum atomic E-state index is 0.305. The lowest BCUT2D eigenvalue weighted by Crippen LogP contribution is -2.27. The van der Waals surface area contributed by atoms with Crippen molar-refractivity contribution in [2.45, 2.75) is 46.0 Å². The van der Waals surface area contributed by atoms with Gasteiger partial charge in [0.15, 0.2) is 0 Å². The van der Waals surface area contributed by atoms with Gasteiger partial charge >= 0.3 is 0 Å². The average molecular weight is 231 g/mol. The molecule has 16 heavy (non-hydrogen) atoms. The Bertz CT molecular complexity index is 125. The maximum atomic E-state index is 8.91. The van der Waals surface area contributed by atoms with E-state index in [0.29, 0.717) is 12.5 Å². The van der Waals surface area contributed by atoms with Gasteiger partial charge in [-0.15, -0.1) is 0 Å². The number of unbranched alkanes of at least 4 members (excludes halogenated alkanes) is 1. The van der Waals surface area contributed by atoms with E-state index in [1.165, 1.54) is 19.3 Å². The minimum Gasteiger partial charge on any atom is -0.396 e. The number of hydrogen-bond acceptors (Lipinski definition) is 3. The van der Waals surface area contributed by atoms with Crippen LogP contribution in [0.25, 0.3) is 0 Å². The molecule has 0 bridgehead atoms. The highest BCUT2D eigenvalue weighted by molar-refractivity contribution is 4.61. The summed E-state index contributed by atoms with van der Waals surface area (Å²) in [6, 6.07) is 0. The van der Waals surface area contributed by atoms with Crippen LogP contribution in [-0.2, 0) is 4.74 Å². The lowest BCUT2D eigenvalue weighted by atomic mass is 10.0. The standard InChI is InChI=1S/C13H29NO2/c1-3-5-10-16-11-8-14-12-13(6-4-2)7-9-15/h13-15H,3-12H2,1-2H3. The van der Waals surface area contributed by atoms with Crippen molar-refractivity contribution in [3.63, 3.8) is 0 Å². The van der Waals surface area contributed by atoms with Crippen LogP contribution < -0.4 is 5.32 Å². The third kappa shape index (κ3) is 10.4. The van der Waals surface area contributed by atoms with E-state index in [0.717, 1.165) is 39.1 Å². The smallest absolute Gasteiger partial charge is 0.0590 e. The zero-order chi connectivity index (χ0) is 12.1. The van der Waals surface area contributed by atoms with Gasteiger partial charge in [0.05, 0.1) is 6.61 Å². The topological polar surface area (TPSA) is 41.5 Å². The molecule has 0 aliphatic carbocycles. The van der Waals surface area contributed by atoms with Crippen molar-refractivity contribution >= 4 is 0 Å². The predicted octanol–water partition coefficient (Wildman–Crippen LogP) is 2.19. The molecule has 0 saturated heterocycles. The maximum Gasteiger partial charge on any atom is 0.0590 e. The lowest BCUT2D eigenvalue weighted by Gasteiger charge is -2.15. The fourth-order valence-electron chi connectivity index (χ4n) is 1.74. The van der Waals surface area contributed by atoms with Gasteiger partial charge in [0.2, 0.25) is 0 Å². The van der Waals surface area contributed by atoms with Crippen molar-refractivity contribution in [2.75, 3.05) is 32.9 Å². The Morgan fingerprint density at radius 1 is 1.12 bits per heavy atom. The molecule has 0 rings (SSSR count). The highest BCUT2D eigenvalue weighted by Gasteiger charge is 2.05. The summed E-state index contributed by atoms with van der Waals surface area (Å²) in [6.45, 7) is 8.29. The molecule has 1 unspecified atom stereocenters. The monoisotopic (exact) mass is 231 g/mol. The first kappa shape index (κ1) is 15.9. The first-order valence-electron chi connectivity index (χ1n) is 6.74. The summed E-state index contributed by atoms with van der Waals surface area (Å²) >= 11 is 0. The fourth-order valence-corrected chi connectivity index (χ4v) is 1.74. The van der Waals surface area contributed by atoms with Gasteiger partial charge in [-0.25, -0.2) is 0 Å². The van der Waals surface area contributed by atoms with Crippen LogP contribution in [0.1, 0.15) is 46.0 Å². The molecule has 3 heteroatoms. The largest absolute Gasteiger partial charge is 0.396 e. The molecular formula is C13H29NO2. The van der Waals surface area contributed by atoms with Crippen LogP contribution in [0, 0.1) is 5.92 Å². The molecule has 1 atom stereocenters. The molecule has 0 amide bonds. The van der Waals surface area contributed by atoms with E-state index < -0.39 is 0 Å². The van der Waals surface area contributed by atoms with Gasteiger partial charge in [0, 0.05) is 19.8 Å². The van der Waals surface area contributed by atoms with E-state index in [9.17, 15) is 0 Å². The molecule has 98 valence electrons. The Kier molecular flexibility index (Phi) is 12.9. The summed E-state index contributed by atoms with van der Waals surface area (Å²) in [5, 5.41) is 12.3. The number of aliphatic hydroxyl groups is 1. The van der Waals surface area contributed by atoms with E-state index in [4.69, 9.17) is 9.84 Å². The van der Waals surface area contributed by atoms with Crippen LogP contribution in [0.4, 0.5) is 0 Å². The fraction of sp³-hybridized carbons (Fsp3) is 1.00. The average Bonchev–Trinajstić information content (AvgIpc) is 2.28. The van der Waals surface area contributed by atoms with Crippen LogP contribution in [0.2, 0.25) is 0 Å². The first-order valence-corrected chi connectivity index (χ1v) is 6.74. The van der Waals surface area contributed by atoms with Crippen molar-refractivity contribution in [2.24, 2.45) is 5.92 Å². The minimum absolute atomic E-state index is 0.305. The Balaban J connectivity index is 3.25. The third-order valence-electron chi connectivity index (χ3n) is 2.73. The van der Waals surface area contributed by atoms with E-state index in [1.54, 1.807) is 0 Å². The zero-order valence-electron chi connectivity index (χ0n) is 11.0. The summed E-state index contributed by atoms with van der Waals surface area (Å²) in [4.78, 5) is 0. The number of nitrogens with one attached hydrogen (secondary N) is 1. The Morgan fingerprint density at radius 3 is 2.56 bits per heavy atom. The second-order valence-corrected chi connectivity index (χ2v) is 4.34. The summed E-state index contributed by atoms with van der Waals surface area (Å²) in [6.07, 6.45) is 5.66. The summed E-state index contributed by atoms with van der Waals surface area (Å²) < 4.78 is 5.46. The molecule has 2 N–H and O–H groups in total. The van der Waals surface area contributed by atoms with Crippen LogP contribution in [0.5, 0.6) is 0 Å². The lowest BCUT2D eigenvalue weighted by molar-refractivity contribution is 0.131. The van der Waals surface area contributed by atoms with Gasteiger partial charge in [-0.2, -0.15) is 0 Å². The van der Waals surface area contributed by atoms with E-state index in [1.807, 2.05) is 0 Å². The zero-order valence-corrected chi connectivity index (χ0v) is 11.0. The number of ether oxygens (including phenoxy) is 1. The summed E-state index contributed by atoms with van der Waals surface area (Å²) in [7, 11) is 0. The first-order chi connectivity index (χ1) is 7.85. The maximum absolute atomic E-state index is 8.91. The van der Waals surface area contributed by atoms with E-state index in [-0.39, 0.29) is 0 Å². The molecule has 0 radical (unpaired) electrons. The highest BCUT2D eigenvalue weighted by Crippen LogP contribution is 2.08. The molecule has 0 aliphatic heterocycles. The molecule has 3 nitrogen and oxygen atoms in total. The SMILES string of the molecule is CCCCOCCNCC(CCC)CCO. The second kappa shape index (κ2) is 12.9. The normalized spacial score (nSPS) is 12.9. The van der Waals surface area contributed by atoms with Crippen molar-refractivity contribution in [1.82, 2.24) is 5.32 Å². The van der Waals surface area contributed by atoms with Crippen LogP contribution in [0.3, 0.4) is 0 Å². The summed E-state index contributed by atoms with van der Waals surface area (Å²) in [5.74, 6) is 0.616. The molecule has 0 aromatic heterocycles.